The van der Waals surface area contributed by atoms with E-state index in [1.165, 1.54) is 0 Å². The second-order valence-corrected chi connectivity index (χ2v) is 4.14. The number of pyridine rings is 1. The van der Waals surface area contributed by atoms with Crippen LogP contribution < -0.4 is 5.32 Å². The number of nitrogens with zero attached hydrogens (tertiary/aromatic N) is 1. The number of aromatic nitrogens is 2. The van der Waals surface area contributed by atoms with Crippen LogP contribution in [-0.2, 0) is 0 Å². The maximum Gasteiger partial charge on any atom is 0.125 e. The Morgan fingerprint density at radius 1 is 1.17 bits per heavy atom. The largest absolute Gasteiger partial charge is 0.508 e. The molecule has 0 bridgehead atoms. The van der Waals surface area contributed by atoms with Gasteiger partial charge in [0.25, 0.3) is 0 Å². The molecule has 0 fully saturated rings. The van der Waals surface area contributed by atoms with Crippen molar-refractivity contribution in [3.05, 3.63) is 42.6 Å². The fraction of sp³-hybridized carbons (Fsp3) is 0.0714. The predicted molar refractivity (Wildman–Crippen MR) is 72.7 cm³/mol. The van der Waals surface area contributed by atoms with E-state index in [1.807, 2.05) is 37.5 Å². The number of hydrogen-bond donors (Lipinski definition) is 3. The number of phenolic OH excluding ortho intramolecular Hbond substituents is 1. The second-order valence-electron chi connectivity index (χ2n) is 4.14. The normalized spacial score (nSPS) is 10.7. The van der Waals surface area contributed by atoms with Crippen LogP contribution in [-0.4, -0.2) is 22.1 Å². The molecule has 0 amide bonds. The summed E-state index contributed by atoms with van der Waals surface area (Å²) in [6.45, 7) is 0. The van der Waals surface area contributed by atoms with E-state index < -0.39 is 0 Å². The first-order valence-corrected chi connectivity index (χ1v) is 5.72. The summed E-state index contributed by atoms with van der Waals surface area (Å²) in [4.78, 5) is 7.59. The average Bonchev–Trinajstić information content (AvgIpc) is 2.81. The number of benzene rings is 1. The topological polar surface area (TPSA) is 60.9 Å². The molecule has 0 spiro atoms. The molecule has 0 aliphatic carbocycles. The van der Waals surface area contributed by atoms with Crippen molar-refractivity contribution in [2.75, 3.05) is 12.4 Å². The molecule has 3 aromatic rings. The molecule has 18 heavy (non-hydrogen) atoms. The third-order valence-electron chi connectivity index (χ3n) is 2.93. The Balaban J connectivity index is 2.07. The van der Waals surface area contributed by atoms with Gasteiger partial charge in [-0.3, -0.25) is 0 Å². The first-order chi connectivity index (χ1) is 8.76. The Morgan fingerprint density at radius 2 is 2.06 bits per heavy atom. The predicted octanol–water partition coefficient (Wildman–Crippen LogP) is 2.98. The summed E-state index contributed by atoms with van der Waals surface area (Å²) in [5, 5.41) is 13.4. The molecular weight excluding hydrogens is 226 g/mol. The number of anilines is 1. The summed E-state index contributed by atoms with van der Waals surface area (Å²) in [7, 11) is 1.84. The average molecular weight is 239 g/mol. The molecule has 90 valence electrons. The van der Waals surface area contributed by atoms with Gasteiger partial charge in [-0.1, -0.05) is 0 Å². The van der Waals surface area contributed by atoms with E-state index in [0.717, 1.165) is 28.0 Å². The summed E-state index contributed by atoms with van der Waals surface area (Å²) in [6.07, 6.45) is 1.82. The van der Waals surface area contributed by atoms with Crippen molar-refractivity contribution in [3.8, 4) is 17.0 Å². The van der Waals surface area contributed by atoms with Gasteiger partial charge in [0.2, 0.25) is 0 Å². The maximum atomic E-state index is 9.44. The number of rotatable bonds is 2. The number of phenols is 1. The van der Waals surface area contributed by atoms with Crippen LogP contribution in [0, 0.1) is 0 Å². The van der Waals surface area contributed by atoms with Gasteiger partial charge in [0.1, 0.15) is 11.6 Å². The van der Waals surface area contributed by atoms with E-state index in [1.54, 1.807) is 12.1 Å². The highest BCUT2D eigenvalue weighted by molar-refractivity contribution is 5.86. The SMILES string of the molecule is CNc1ccc(-c2cc3cc(O)ccc3[nH]2)cn1. The molecule has 0 unspecified atom stereocenters. The number of fused-ring (bicyclic) bond motifs is 1. The standard InChI is InChI=1S/C14H13N3O/c1-15-14-5-2-9(8-16-14)13-7-10-6-11(18)3-4-12(10)17-13/h2-8,17-18H,1H3,(H,15,16). The minimum Gasteiger partial charge on any atom is -0.508 e. The molecule has 4 heteroatoms. The van der Waals surface area contributed by atoms with Crippen LogP contribution >= 0.6 is 0 Å². The number of hydrogen-bond acceptors (Lipinski definition) is 3. The van der Waals surface area contributed by atoms with E-state index in [4.69, 9.17) is 0 Å². The molecule has 0 saturated heterocycles. The molecule has 3 N–H and O–H groups in total. The maximum absolute atomic E-state index is 9.44. The van der Waals surface area contributed by atoms with Crippen molar-refractivity contribution in [2.45, 2.75) is 0 Å². The molecule has 0 atom stereocenters. The highest BCUT2D eigenvalue weighted by Gasteiger charge is 2.04. The fourth-order valence-electron chi connectivity index (χ4n) is 1.98. The summed E-state index contributed by atoms with van der Waals surface area (Å²) >= 11 is 0. The molecule has 0 aliphatic heterocycles. The van der Waals surface area contributed by atoms with E-state index in [-0.39, 0.29) is 5.75 Å². The zero-order chi connectivity index (χ0) is 12.5. The van der Waals surface area contributed by atoms with Crippen molar-refractivity contribution in [3.63, 3.8) is 0 Å². The first-order valence-electron chi connectivity index (χ1n) is 5.72. The summed E-state index contributed by atoms with van der Waals surface area (Å²) in [6, 6.07) is 11.2. The molecular formula is C14H13N3O. The fourth-order valence-corrected chi connectivity index (χ4v) is 1.98. The lowest BCUT2D eigenvalue weighted by atomic mass is 10.2. The van der Waals surface area contributed by atoms with Crippen LogP contribution in [0.4, 0.5) is 5.82 Å². The van der Waals surface area contributed by atoms with Crippen molar-refractivity contribution in [2.24, 2.45) is 0 Å². The first kappa shape index (κ1) is 10.7. The molecule has 0 aliphatic rings. The van der Waals surface area contributed by atoms with E-state index >= 15 is 0 Å². The van der Waals surface area contributed by atoms with Crippen molar-refractivity contribution in [1.29, 1.82) is 0 Å². The van der Waals surface area contributed by atoms with Gasteiger partial charge < -0.3 is 15.4 Å². The van der Waals surface area contributed by atoms with Gasteiger partial charge in [0, 0.05) is 35.4 Å². The number of nitrogens with one attached hydrogen (secondary N) is 2. The van der Waals surface area contributed by atoms with Crippen LogP contribution in [0.15, 0.2) is 42.6 Å². The number of aromatic hydroxyl groups is 1. The minimum absolute atomic E-state index is 0.275. The lowest BCUT2D eigenvalue weighted by Crippen LogP contribution is -1.91. The smallest absolute Gasteiger partial charge is 0.125 e. The van der Waals surface area contributed by atoms with Crippen LogP contribution in [0.2, 0.25) is 0 Å². The summed E-state index contributed by atoms with van der Waals surface area (Å²) in [5.74, 6) is 1.12. The van der Waals surface area contributed by atoms with Gasteiger partial charge in [0.15, 0.2) is 0 Å². The molecule has 2 aromatic heterocycles. The molecule has 0 saturated carbocycles. The van der Waals surface area contributed by atoms with E-state index in [2.05, 4.69) is 15.3 Å². The van der Waals surface area contributed by atoms with Gasteiger partial charge in [-0.15, -0.1) is 0 Å². The van der Waals surface area contributed by atoms with Crippen molar-refractivity contribution in [1.82, 2.24) is 9.97 Å². The summed E-state index contributed by atoms with van der Waals surface area (Å²) in [5.41, 5.74) is 3.01. The number of aromatic amines is 1. The lowest BCUT2D eigenvalue weighted by molar-refractivity contribution is 0.476. The van der Waals surface area contributed by atoms with E-state index in [9.17, 15) is 5.11 Å². The van der Waals surface area contributed by atoms with E-state index in [0.29, 0.717) is 0 Å². The lowest BCUT2D eigenvalue weighted by Gasteiger charge is -2.00. The molecule has 1 aromatic carbocycles. The minimum atomic E-state index is 0.275. The van der Waals surface area contributed by atoms with Gasteiger partial charge in [0.05, 0.1) is 0 Å². The van der Waals surface area contributed by atoms with Crippen LogP contribution in [0.5, 0.6) is 5.75 Å². The molecule has 0 radical (unpaired) electrons. The molecule has 2 heterocycles. The van der Waals surface area contributed by atoms with Gasteiger partial charge >= 0.3 is 0 Å². The van der Waals surface area contributed by atoms with Crippen LogP contribution in [0.25, 0.3) is 22.2 Å². The zero-order valence-electron chi connectivity index (χ0n) is 9.94. The van der Waals surface area contributed by atoms with Crippen molar-refractivity contribution < 1.29 is 5.11 Å². The molecule has 3 rings (SSSR count). The Bertz CT molecular complexity index is 686. The third-order valence-corrected chi connectivity index (χ3v) is 2.93. The second kappa shape index (κ2) is 4.07. The molecule has 4 nitrogen and oxygen atoms in total. The summed E-state index contributed by atoms with van der Waals surface area (Å²) < 4.78 is 0. The van der Waals surface area contributed by atoms with Crippen molar-refractivity contribution >= 4 is 16.7 Å². The quantitative estimate of drug-likeness (QED) is 0.644. The van der Waals surface area contributed by atoms with Crippen LogP contribution in [0.3, 0.4) is 0 Å². The Labute approximate surface area is 104 Å². The highest BCUT2D eigenvalue weighted by Crippen LogP contribution is 2.26. The number of H-pyrrole nitrogens is 1. The third kappa shape index (κ3) is 1.78. The Hall–Kier alpha value is -2.49. The monoisotopic (exact) mass is 239 g/mol. The van der Waals surface area contributed by atoms with Gasteiger partial charge in [-0.25, -0.2) is 4.98 Å². The highest BCUT2D eigenvalue weighted by atomic mass is 16.3. The van der Waals surface area contributed by atoms with Gasteiger partial charge in [-0.05, 0) is 36.4 Å². The Kier molecular flexibility index (Phi) is 2.41. The van der Waals surface area contributed by atoms with Gasteiger partial charge in [-0.2, -0.15) is 0 Å². The Morgan fingerprint density at radius 3 is 2.78 bits per heavy atom. The zero-order valence-corrected chi connectivity index (χ0v) is 9.94. The van der Waals surface area contributed by atoms with Crippen LogP contribution in [0.1, 0.15) is 0 Å².